The minimum absolute atomic E-state index is 0.106. The lowest BCUT2D eigenvalue weighted by Gasteiger charge is -2.35. The van der Waals surface area contributed by atoms with Crippen LogP contribution in [0.4, 0.5) is 26.1 Å². The first-order valence-electron chi connectivity index (χ1n) is 13.7. The van der Waals surface area contributed by atoms with Crippen LogP contribution in [-0.2, 0) is 10.0 Å². The number of fused-ring (bicyclic) bond motifs is 1. The number of imidazole rings is 1. The molecule has 1 aromatic carbocycles. The molecule has 0 bridgehead atoms. The number of amides is 1. The minimum Gasteiger partial charge on any atom is -0.371 e. The van der Waals surface area contributed by atoms with Gasteiger partial charge in [-0.2, -0.15) is 0 Å². The second kappa shape index (κ2) is 9.95. The molecule has 1 aliphatic carbocycles. The van der Waals surface area contributed by atoms with E-state index in [1.165, 1.54) is 18.9 Å². The molecular formula is C27H33F2N7O3S. The molecule has 1 saturated carbocycles. The summed E-state index contributed by atoms with van der Waals surface area (Å²) in [4.78, 5) is 26.6. The van der Waals surface area contributed by atoms with Crippen molar-refractivity contribution in [2.24, 2.45) is 5.41 Å². The SMILES string of the molecule is CCNS(=O)(=O)c1ccc(C(=O)Nc2cn3ccnc3c(N3CCC(F)(F)CC3)n2)c(N2CCC3(CC2)CC3)c1. The number of sulfonamides is 1. The van der Waals surface area contributed by atoms with Crippen LogP contribution in [-0.4, -0.2) is 67.3 Å². The highest BCUT2D eigenvalue weighted by Gasteiger charge is 2.44. The fraction of sp³-hybridized carbons (Fsp3) is 0.519. The van der Waals surface area contributed by atoms with Crippen molar-refractivity contribution in [2.75, 3.05) is 47.8 Å². The third-order valence-electron chi connectivity index (χ3n) is 8.37. The van der Waals surface area contributed by atoms with E-state index < -0.39 is 21.9 Å². The first kappa shape index (κ1) is 26.9. The predicted molar refractivity (Wildman–Crippen MR) is 148 cm³/mol. The fourth-order valence-electron chi connectivity index (χ4n) is 5.72. The highest BCUT2D eigenvalue weighted by molar-refractivity contribution is 7.89. The van der Waals surface area contributed by atoms with Gasteiger partial charge in [-0.1, -0.05) is 6.92 Å². The number of halogens is 2. The lowest BCUT2D eigenvalue weighted by molar-refractivity contribution is -0.0221. The van der Waals surface area contributed by atoms with Gasteiger partial charge in [0.25, 0.3) is 11.8 Å². The van der Waals surface area contributed by atoms with Gasteiger partial charge in [-0.15, -0.1) is 0 Å². The van der Waals surface area contributed by atoms with Crippen LogP contribution in [0.2, 0.25) is 0 Å². The molecule has 10 nitrogen and oxygen atoms in total. The summed E-state index contributed by atoms with van der Waals surface area (Å²) in [6.07, 6.45) is 8.85. The van der Waals surface area contributed by atoms with Crippen LogP contribution >= 0.6 is 0 Å². The van der Waals surface area contributed by atoms with E-state index in [0.29, 0.717) is 28.1 Å². The van der Waals surface area contributed by atoms with Crippen LogP contribution < -0.4 is 19.8 Å². The Balaban J connectivity index is 1.31. The second-order valence-corrected chi connectivity index (χ2v) is 12.8. The summed E-state index contributed by atoms with van der Waals surface area (Å²) >= 11 is 0. The molecule has 0 radical (unpaired) electrons. The van der Waals surface area contributed by atoms with Crippen LogP contribution in [0.1, 0.15) is 55.8 Å². The molecule has 2 aliphatic heterocycles. The van der Waals surface area contributed by atoms with E-state index in [0.717, 1.165) is 25.9 Å². The summed E-state index contributed by atoms with van der Waals surface area (Å²) in [5, 5.41) is 2.86. The first-order chi connectivity index (χ1) is 19.1. The number of nitrogens with zero attached hydrogens (tertiary/aromatic N) is 5. The first-order valence-corrected chi connectivity index (χ1v) is 15.2. The minimum atomic E-state index is -3.72. The second-order valence-electron chi connectivity index (χ2n) is 11.1. The largest absolute Gasteiger partial charge is 0.371 e. The standard InChI is InChI=1S/C27H33F2N7O3S/c1-2-31-40(38,39)19-3-4-20(21(17-19)34-12-7-26(5-6-26)8-13-34)25(37)33-22-18-36-16-11-30-23(36)24(32-22)35-14-9-27(28,29)10-15-35/h3-4,11,16-18,31H,2,5-10,12-15H2,1H3,(H,33,37). The number of alkyl halides is 2. The van der Waals surface area contributed by atoms with Gasteiger partial charge in [-0.05, 0) is 49.3 Å². The Morgan fingerprint density at radius 1 is 1.02 bits per heavy atom. The highest BCUT2D eigenvalue weighted by atomic mass is 32.2. The summed E-state index contributed by atoms with van der Waals surface area (Å²) < 4.78 is 57.4. The molecule has 3 aliphatic rings. The Bertz CT molecular complexity index is 1530. The molecule has 214 valence electrons. The quantitative estimate of drug-likeness (QED) is 0.441. The molecule has 3 fully saturated rings. The summed E-state index contributed by atoms with van der Waals surface area (Å²) in [5.74, 6) is -2.47. The van der Waals surface area contributed by atoms with Gasteiger partial charge in [0.05, 0.1) is 22.3 Å². The third-order valence-corrected chi connectivity index (χ3v) is 9.92. The number of anilines is 3. The summed E-state index contributed by atoms with van der Waals surface area (Å²) in [6.45, 7) is 3.71. The molecule has 2 aromatic heterocycles. The summed E-state index contributed by atoms with van der Waals surface area (Å²) in [6, 6.07) is 4.55. The Morgan fingerprint density at radius 2 is 1.73 bits per heavy atom. The summed E-state index contributed by atoms with van der Waals surface area (Å²) in [5.41, 5.74) is 1.83. The van der Waals surface area contributed by atoms with Crippen molar-refractivity contribution in [3.8, 4) is 0 Å². The molecule has 13 heteroatoms. The normalized spacial score (nSPS) is 20.2. The summed E-state index contributed by atoms with van der Waals surface area (Å²) in [7, 11) is -3.72. The molecule has 1 amide bonds. The van der Waals surface area contributed by atoms with Crippen LogP contribution in [0.25, 0.3) is 5.65 Å². The zero-order chi connectivity index (χ0) is 28.1. The topological polar surface area (TPSA) is 112 Å². The third kappa shape index (κ3) is 5.24. The highest BCUT2D eigenvalue weighted by Crippen LogP contribution is 2.54. The Hall–Kier alpha value is -3.32. The van der Waals surface area contributed by atoms with Crippen molar-refractivity contribution in [3.05, 3.63) is 42.4 Å². The van der Waals surface area contributed by atoms with Crippen molar-refractivity contribution in [1.29, 1.82) is 0 Å². The molecule has 40 heavy (non-hydrogen) atoms. The van der Waals surface area contributed by atoms with Gasteiger partial charge in [0.1, 0.15) is 0 Å². The maximum Gasteiger partial charge on any atom is 0.258 e. The monoisotopic (exact) mass is 573 g/mol. The fourth-order valence-corrected chi connectivity index (χ4v) is 6.78. The zero-order valence-corrected chi connectivity index (χ0v) is 23.2. The number of carbonyl (C=O) groups is 1. The van der Waals surface area contributed by atoms with E-state index in [9.17, 15) is 22.0 Å². The smallest absolute Gasteiger partial charge is 0.258 e. The van der Waals surface area contributed by atoms with Crippen molar-refractivity contribution in [2.45, 2.75) is 56.3 Å². The van der Waals surface area contributed by atoms with E-state index in [-0.39, 0.29) is 43.2 Å². The average molecular weight is 574 g/mol. The van der Waals surface area contributed by atoms with Gasteiger partial charge in [-0.3, -0.25) is 4.79 Å². The predicted octanol–water partition coefficient (Wildman–Crippen LogP) is 3.90. The Morgan fingerprint density at radius 3 is 2.40 bits per heavy atom. The van der Waals surface area contributed by atoms with Gasteiger partial charge in [0.2, 0.25) is 10.0 Å². The van der Waals surface area contributed by atoms with Crippen LogP contribution in [0.15, 0.2) is 41.7 Å². The number of rotatable bonds is 7. The van der Waals surface area contributed by atoms with E-state index in [1.807, 2.05) is 0 Å². The van der Waals surface area contributed by atoms with Gasteiger partial charge in [0.15, 0.2) is 17.3 Å². The van der Waals surface area contributed by atoms with Gasteiger partial charge < -0.3 is 19.5 Å². The van der Waals surface area contributed by atoms with Crippen molar-refractivity contribution in [1.82, 2.24) is 19.1 Å². The van der Waals surface area contributed by atoms with Gasteiger partial charge in [-0.25, -0.2) is 31.9 Å². The van der Waals surface area contributed by atoms with Crippen molar-refractivity contribution in [3.63, 3.8) is 0 Å². The molecule has 0 unspecified atom stereocenters. The molecule has 1 spiro atoms. The van der Waals surface area contributed by atoms with Gasteiger partial charge in [0, 0.05) is 58.0 Å². The van der Waals surface area contributed by atoms with Gasteiger partial charge >= 0.3 is 0 Å². The lowest BCUT2D eigenvalue weighted by atomic mass is 9.93. The molecule has 2 N–H and O–H groups in total. The van der Waals surface area contributed by atoms with E-state index in [4.69, 9.17) is 0 Å². The molecule has 3 aromatic rings. The van der Waals surface area contributed by atoms with E-state index >= 15 is 0 Å². The number of nitrogens with one attached hydrogen (secondary N) is 2. The number of hydrogen-bond donors (Lipinski definition) is 2. The number of aromatic nitrogens is 3. The number of hydrogen-bond acceptors (Lipinski definition) is 7. The van der Waals surface area contributed by atoms with E-state index in [1.54, 1.807) is 46.9 Å². The van der Waals surface area contributed by atoms with Crippen LogP contribution in [0.5, 0.6) is 0 Å². The maximum absolute atomic E-state index is 13.8. The zero-order valence-electron chi connectivity index (χ0n) is 22.4. The van der Waals surface area contributed by atoms with Crippen molar-refractivity contribution < 1.29 is 22.0 Å². The Labute approximate surface area is 231 Å². The Kier molecular flexibility index (Phi) is 6.68. The molecule has 0 atom stereocenters. The molecular weight excluding hydrogens is 540 g/mol. The van der Waals surface area contributed by atoms with Crippen LogP contribution in [0.3, 0.4) is 0 Å². The molecule has 2 saturated heterocycles. The number of benzene rings is 1. The molecule has 6 rings (SSSR count). The van der Waals surface area contributed by atoms with Crippen LogP contribution in [0, 0.1) is 5.41 Å². The average Bonchev–Trinajstić information content (AvgIpc) is 3.50. The van der Waals surface area contributed by atoms with Crippen molar-refractivity contribution >= 4 is 38.9 Å². The number of carbonyl (C=O) groups excluding carboxylic acids is 1. The van der Waals surface area contributed by atoms with E-state index in [2.05, 4.69) is 24.9 Å². The molecule has 4 heterocycles. The number of piperidine rings is 2. The maximum atomic E-state index is 13.8. The lowest BCUT2D eigenvalue weighted by Crippen LogP contribution is -2.40.